The van der Waals surface area contributed by atoms with Gasteiger partial charge in [-0.05, 0) is 11.6 Å². The Bertz CT molecular complexity index is 522. The van der Waals surface area contributed by atoms with Crippen LogP contribution in [0.1, 0.15) is 11.4 Å². The van der Waals surface area contributed by atoms with Crippen LogP contribution in [0, 0.1) is 0 Å². The summed E-state index contributed by atoms with van der Waals surface area (Å²) in [6, 6.07) is 6.05. The van der Waals surface area contributed by atoms with Crippen molar-refractivity contribution in [2.24, 2.45) is 12.8 Å². The molecule has 0 atom stereocenters. The average Bonchev–Trinajstić information content (AvgIpc) is 2.72. The zero-order valence-corrected chi connectivity index (χ0v) is 10.8. The first-order valence-corrected chi connectivity index (χ1v) is 5.98. The van der Waals surface area contributed by atoms with Crippen LogP contribution in [0.25, 0.3) is 11.0 Å². The summed E-state index contributed by atoms with van der Waals surface area (Å²) in [5, 5.41) is 0. The maximum absolute atomic E-state index is 5.72. The van der Waals surface area contributed by atoms with Crippen molar-refractivity contribution in [1.82, 2.24) is 9.55 Å². The van der Waals surface area contributed by atoms with Crippen molar-refractivity contribution in [1.29, 1.82) is 0 Å². The second kappa shape index (κ2) is 5.95. The molecule has 0 saturated carbocycles. The van der Waals surface area contributed by atoms with E-state index in [0.717, 1.165) is 22.4 Å². The van der Waals surface area contributed by atoms with E-state index in [4.69, 9.17) is 15.2 Å². The highest BCUT2D eigenvalue weighted by Gasteiger charge is 2.10. The summed E-state index contributed by atoms with van der Waals surface area (Å²) in [7, 11) is 3.65. The molecule has 0 saturated heterocycles. The van der Waals surface area contributed by atoms with Gasteiger partial charge in [0.15, 0.2) is 0 Å². The lowest BCUT2D eigenvalue weighted by Gasteiger charge is -2.03. The smallest absolute Gasteiger partial charge is 0.135 e. The van der Waals surface area contributed by atoms with Crippen molar-refractivity contribution in [3.8, 4) is 0 Å². The topological polar surface area (TPSA) is 62.3 Å². The zero-order valence-electron chi connectivity index (χ0n) is 10.8. The molecule has 0 spiro atoms. The van der Waals surface area contributed by atoms with Crippen molar-refractivity contribution < 1.29 is 9.47 Å². The molecule has 0 radical (unpaired) electrons. The molecule has 0 fully saturated rings. The molecule has 1 aromatic carbocycles. The van der Waals surface area contributed by atoms with Gasteiger partial charge in [0.2, 0.25) is 0 Å². The number of rotatable bonds is 6. The number of nitrogens with zero attached hydrogens (tertiary/aromatic N) is 2. The fourth-order valence-corrected chi connectivity index (χ4v) is 1.92. The fourth-order valence-electron chi connectivity index (χ4n) is 1.92. The van der Waals surface area contributed by atoms with Gasteiger partial charge in [0.1, 0.15) is 12.4 Å². The third-order valence-electron chi connectivity index (χ3n) is 2.97. The molecule has 5 heteroatoms. The Kier molecular flexibility index (Phi) is 4.30. The van der Waals surface area contributed by atoms with Crippen LogP contribution in [0.3, 0.4) is 0 Å². The van der Waals surface area contributed by atoms with Gasteiger partial charge in [-0.1, -0.05) is 12.1 Å². The highest BCUT2D eigenvalue weighted by Crippen LogP contribution is 2.19. The maximum Gasteiger partial charge on any atom is 0.135 e. The third kappa shape index (κ3) is 2.53. The molecule has 0 aliphatic heterocycles. The Balaban J connectivity index is 2.21. The average molecular weight is 249 g/mol. The summed E-state index contributed by atoms with van der Waals surface area (Å²) in [5.74, 6) is 0.905. The molecule has 0 aliphatic rings. The van der Waals surface area contributed by atoms with E-state index in [9.17, 15) is 0 Å². The van der Waals surface area contributed by atoms with E-state index in [1.54, 1.807) is 7.11 Å². The molecule has 1 aromatic heterocycles. The number of methoxy groups -OCH3 is 1. The van der Waals surface area contributed by atoms with Crippen molar-refractivity contribution in [3.05, 3.63) is 29.6 Å². The monoisotopic (exact) mass is 249 g/mol. The van der Waals surface area contributed by atoms with E-state index in [0.29, 0.717) is 26.4 Å². The molecule has 5 nitrogen and oxygen atoms in total. The Morgan fingerprint density at radius 3 is 2.89 bits per heavy atom. The second-order valence-electron chi connectivity index (χ2n) is 4.12. The number of aryl methyl sites for hydroxylation is 1. The molecule has 2 aromatic rings. The van der Waals surface area contributed by atoms with E-state index in [1.165, 1.54) is 0 Å². The van der Waals surface area contributed by atoms with Crippen LogP contribution in [0.2, 0.25) is 0 Å². The number of hydrogen-bond acceptors (Lipinski definition) is 4. The molecule has 0 bridgehead atoms. The van der Waals surface area contributed by atoms with Crippen LogP contribution in [0.4, 0.5) is 0 Å². The van der Waals surface area contributed by atoms with Crippen molar-refractivity contribution >= 4 is 11.0 Å². The predicted octanol–water partition coefficient (Wildman–Crippen LogP) is 1.20. The van der Waals surface area contributed by atoms with Gasteiger partial charge in [-0.2, -0.15) is 0 Å². The molecule has 98 valence electrons. The molecule has 2 rings (SSSR count). The van der Waals surface area contributed by atoms with Crippen LogP contribution in [0.15, 0.2) is 18.2 Å². The Morgan fingerprint density at radius 1 is 1.33 bits per heavy atom. The summed E-state index contributed by atoms with van der Waals surface area (Å²) in [4.78, 5) is 4.60. The Morgan fingerprint density at radius 2 is 2.17 bits per heavy atom. The predicted molar refractivity (Wildman–Crippen MR) is 70.1 cm³/mol. The standard InChI is InChI=1S/C13H19N3O2/c1-16-11-5-3-4-10(8-14)13(11)15-12(16)9-18-7-6-17-2/h3-5H,6-9,14H2,1-2H3. The number of nitrogens with two attached hydrogens (primary N) is 1. The molecule has 0 unspecified atom stereocenters. The van der Waals surface area contributed by atoms with E-state index < -0.39 is 0 Å². The number of aromatic nitrogens is 2. The van der Waals surface area contributed by atoms with Crippen molar-refractivity contribution in [2.45, 2.75) is 13.2 Å². The van der Waals surface area contributed by atoms with Crippen LogP contribution in [-0.4, -0.2) is 29.9 Å². The highest BCUT2D eigenvalue weighted by atomic mass is 16.5. The molecule has 1 heterocycles. The minimum absolute atomic E-state index is 0.485. The van der Waals surface area contributed by atoms with Gasteiger partial charge in [-0.3, -0.25) is 0 Å². The van der Waals surface area contributed by atoms with E-state index in [-0.39, 0.29) is 0 Å². The lowest BCUT2D eigenvalue weighted by Crippen LogP contribution is -2.05. The molecule has 0 amide bonds. The third-order valence-corrected chi connectivity index (χ3v) is 2.97. The molecule has 2 N–H and O–H groups in total. The van der Waals surface area contributed by atoms with Gasteiger partial charge in [-0.15, -0.1) is 0 Å². The molecular weight excluding hydrogens is 230 g/mol. The maximum atomic E-state index is 5.72. The Hall–Kier alpha value is -1.43. The summed E-state index contributed by atoms with van der Waals surface area (Å²) in [5.41, 5.74) is 8.83. The van der Waals surface area contributed by atoms with E-state index in [1.807, 2.05) is 29.8 Å². The SMILES string of the molecule is COCCOCc1nc2c(CN)cccc2n1C. The zero-order chi connectivity index (χ0) is 13.0. The number of imidazole rings is 1. The summed E-state index contributed by atoms with van der Waals surface area (Å²) in [6.45, 7) is 2.15. The lowest BCUT2D eigenvalue weighted by molar-refractivity contribution is 0.0578. The number of ether oxygens (including phenoxy) is 2. The number of fused-ring (bicyclic) bond motifs is 1. The molecule has 0 aliphatic carbocycles. The second-order valence-corrected chi connectivity index (χ2v) is 4.12. The number of hydrogen-bond donors (Lipinski definition) is 1. The normalized spacial score (nSPS) is 11.3. The first-order valence-electron chi connectivity index (χ1n) is 5.98. The van der Waals surface area contributed by atoms with Gasteiger partial charge in [0.25, 0.3) is 0 Å². The molecular formula is C13H19N3O2. The Labute approximate surface area is 107 Å². The fraction of sp³-hybridized carbons (Fsp3) is 0.462. The molecule has 18 heavy (non-hydrogen) atoms. The van der Waals surface area contributed by atoms with Gasteiger partial charge in [0, 0.05) is 20.7 Å². The van der Waals surface area contributed by atoms with Crippen molar-refractivity contribution in [3.63, 3.8) is 0 Å². The first-order chi connectivity index (χ1) is 8.77. The number of para-hydroxylation sites is 1. The van der Waals surface area contributed by atoms with Gasteiger partial charge < -0.3 is 19.8 Å². The van der Waals surface area contributed by atoms with Crippen LogP contribution < -0.4 is 5.73 Å². The highest BCUT2D eigenvalue weighted by molar-refractivity contribution is 5.79. The van der Waals surface area contributed by atoms with Gasteiger partial charge in [0.05, 0.1) is 24.2 Å². The van der Waals surface area contributed by atoms with Crippen molar-refractivity contribution in [2.75, 3.05) is 20.3 Å². The minimum Gasteiger partial charge on any atom is -0.382 e. The van der Waals surface area contributed by atoms with Gasteiger partial charge >= 0.3 is 0 Å². The first kappa shape index (κ1) is 13.0. The van der Waals surface area contributed by atoms with Crippen LogP contribution >= 0.6 is 0 Å². The summed E-state index contributed by atoms with van der Waals surface area (Å²) >= 11 is 0. The summed E-state index contributed by atoms with van der Waals surface area (Å²) in [6.07, 6.45) is 0. The lowest BCUT2D eigenvalue weighted by atomic mass is 10.2. The minimum atomic E-state index is 0.485. The largest absolute Gasteiger partial charge is 0.382 e. The van der Waals surface area contributed by atoms with Crippen LogP contribution in [0.5, 0.6) is 0 Å². The quantitative estimate of drug-likeness (QED) is 0.781. The van der Waals surface area contributed by atoms with E-state index >= 15 is 0 Å². The van der Waals surface area contributed by atoms with Gasteiger partial charge in [-0.25, -0.2) is 4.98 Å². The number of benzene rings is 1. The van der Waals surface area contributed by atoms with Crippen LogP contribution in [-0.2, 0) is 29.7 Å². The van der Waals surface area contributed by atoms with E-state index in [2.05, 4.69) is 4.98 Å². The summed E-state index contributed by atoms with van der Waals surface area (Å²) < 4.78 is 12.5.